The molecule has 0 N–H and O–H groups in total. The van der Waals surface area contributed by atoms with E-state index in [0.717, 1.165) is 66.7 Å². The van der Waals surface area contributed by atoms with Crippen molar-refractivity contribution in [3.63, 3.8) is 0 Å². The third kappa shape index (κ3) is 8.17. The summed E-state index contributed by atoms with van der Waals surface area (Å²) in [4.78, 5) is 22.3. The van der Waals surface area contributed by atoms with E-state index < -0.39 is 5.92 Å². The van der Waals surface area contributed by atoms with E-state index >= 15 is 0 Å². The minimum atomic E-state index is -0.805. The third-order valence-electron chi connectivity index (χ3n) is 8.13. The molecule has 2 aromatic carbocycles. The molecule has 1 aliphatic carbocycles. The van der Waals surface area contributed by atoms with Gasteiger partial charge in [0, 0.05) is 50.5 Å². The van der Waals surface area contributed by atoms with Crippen LogP contribution in [-0.2, 0) is 28.9 Å². The van der Waals surface area contributed by atoms with Crippen LogP contribution >= 0.6 is 34.8 Å². The highest BCUT2D eigenvalue weighted by molar-refractivity contribution is 6.37. The van der Waals surface area contributed by atoms with E-state index in [-0.39, 0.29) is 18.1 Å². The Labute approximate surface area is 274 Å². The molecule has 1 saturated heterocycles. The number of rotatable bonds is 13. The molecule has 3 aromatic rings. The lowest BCUT2D eigenvalue weighted by molar-refractivity contribution is -0.135. The second kappa shape index (κ2) is 14.8. The van der Waals surface area contributed by atoms with Crippen molar-refractivity contribution in [3.8, 4) is 11.8 Å². The summed E-state index contributed by atoms with van der Waals surface area (Å²) in [6.07, 6.45) is 6.47. The van der Waals surface area contributed by atoms with Crippen molar-refractivity contribution in [3.05, 3.63) is 86.0 Å². The van der Waals surface area contributed by atoms with Crippen molar-refractivity contribution in [2.24, 2.45) is 5.92 Å². The van der Waals surface area contributed by atoms with Gasteiger partial charge in [-0.3, -0.25) is 4.79 Å². The number of anilines is 1. The second-order valence-electron chi connectivity index (χ2n) is 11.7. The minimum Gasteiger partial charge on any atom is -0.485 e. The molecule has 1 aromatic heterocycles. The van der Waals surface area contributed by atoms with Crippen LogP contribution in [0, 0.1) is 24.2 Å². The molecule has 44 heavy (non-hydrogen) atoms. The van der Waals surface area contributed by atoms with E-state index in [9.17, 15) is 10.1 Å². The maximum Gasteiger partial charge on any atom is 0.240 e. The molecule has 2 aliphatic rings. The Balaban J connectivity index is 1.20. The molecule has 2 fully saturated rings. The molecule has 2 heterocycles. The maximum absolute atomic E-state index is 13.7. The number of nitriles is 1. The van der Waals surface area contributed by atoms with Crippen molar-refractivity contribution in [2.45, 2.75) is 64.1 Å². The van der Waals surface area contributed by atoms with Crippen molar-refractivity contribution in [1.29, 1.82) is 5.26 Å². The summed E-state index contributed by atoms with van der Waals surface area (Å²) in [6, 6.07) is 16.0. The second-order valence-corrected chi connectivity index (χ2v) is 12.9. The van der Waals surface area contributed by atoms with Crippen LogP contribution in [0.4, 0.5) is 5.82 Å². The Bertz CT molecular complexity index is 1480. The summed E-state index contributed by atoms with van der Waals surface area (Å²) < 4.78 is 11.3. The Hall–Kier alpha value is -3.02. The number of benzene rings is 2. The SMILES string of the molecule is COCCCc1ccc(Cl)c(CN(C(=O)C(C#N)Cc2ccc(N3CCC(Oc4c(Cl)cc(C)cc4Cl)C3)nc2)C2CC2)c1. The fourth-order valence-electron chi connectivity index (χ4n) is 5.63. The lowest BCUT2D eigenvalue weighted by atomic mass is 9.99. The predicted molar refractivity (Wildman–Crippen MR) is 175 cm³/mol. The minimum absolute atomic E-state index is 0.0669. The van der Waals surface area contributed by atoms with Gasteiger partial charge in [-0.15, -0.1) is 0 Å². The highest BCUT2D eigenvalue weighted by Gasteiger charge is 2.36. The van der Waals surface area contributed by atoms with Gasteiger partial charge in [0.2, 0.25) is 5.91 Å². The van der Waals surface area contributed by atoms with Crippen LogP contribution in [0.3, 0.4) is 0 Å². The molecule has 1 saturated carbocycles. The van der Waals surface area contributed by atoms with Gasteiger partial charge in [-0.1, -0.05) is 53.0 Å². The van der Waals surface area contributed by atoms with Crippen LogP contribution in [0.1, 0.15) is 47.9 Å². The van der Waals surface area contributed by atoms with E-state index in [1.54, 1.807) is 13.3 Å². The van der Waals surface area contributed by atoms with E-state index in [1.807, 2.05) is 48.2 Å². The lowest BCUT2D eigenvalue weighted by Gasteiger charge is -2.26. The fraction of sp³-hybridized carbons (Fsp3) is 0.441. The first-order valence-electron chi connectivity index (χ1n) is 15.0. The van der Waals surface area contributed by atoms with Crippen molar-refractivity contribution in [2.75, 3.05) is 31.7 Å². The van der Waals surface area contributed by atoms with E-state index in [4.69, 9.17) is 44.3 Å². The highest BCUT2D eigenvalue weighted by Crippen LogP contribution is 2.36. The van der Waals surface area contributed by atoms with Gasteiger partial charge < -0.3 is 19.3 Å². The molecule has 0 radical (unpaired) electrons. The highest BCUT2D eigenvalue weighted by atomic mass is 35.5. The Morgan fingerprint density at radius 2 is 1.84 bits per heavy atom. The number of methoxy groups -OCH3 is 1. The zero-order chi connectivity index (χ0) is 31.2. The van der Waals surface area contributed by atoms with Gasteiger partial charge >= 0.3 is 0 Å². The first-order valence-corrected chi connectivity index (χ1v) is 16.2. The van der Waals surface area contributed by atoms with Crippen LogP contribution < -0.4 is 9.64 Å². The summed E-state index contributed by atoms with van der Waals surface area (Å²) in [6.45, 7) is 4.46. The smallest absolute Gasteiger partial charge is 0.240 e. The summed E-state index contributed by atoms with van der Waals surface area (Å²) in [5, 5.41) is 11.7. The largest absolute Gasteiger partial charge is 0.485 e. The van der Waals surface area contributed by atoms with E-state index in [0.29, 0.717) is 46.9 Å². The lowest BCUT2D eigenvalue weighted by Crippen LogP contribution is -2.38. The van der Waals surface area contributed by atoms with Crippen molar-refractivity contribution in [1.82, 2.24) is 9.88 Å². The summed E-state index contributed by atoms with van der Waals surface area (Å²) in [5.74, 6) is 0.368. The topological polar surface area (TPSA) is 78.7 Å². The Morgan fingerprint density at radius 1 is 1.09 bits per heavy atom. The number of pyridine rings is 1. The molecular formula is C34H37Cl3N4O3. The quantitative estimate of drug-likeness (QED) is 0.178. The number of nitrogens with zero attached hydrogens (tertiary/aromatic N) is 4. The first kappa shape index (κ1) is 32.4. The van der Waals surface area contributed by atoms with Gasteiger partial charge in [0.15, 0.2) is 5.75 Å². The average Bonchev–Trinajstić information content (AvgIpc) is 3.74. The van der Waals surface area contributed by atoms with Crippen LogP contribution in [0.15, 0.2) is 48.7 Å². The number of aryl methyl sites for hydroxylation is 2. The number of ether oxygens (including phenoxy) is 2. The molecule has 10 heteroatoms. The normalized spacial score (nSPS) is 16.9. The van der Waals surface area contributed by atoms with Gasteiger partial charge in [-0.25, -0.2) is 4.98 Å². The molecule has 232 valence electrons. The molecule has 0 spiro atoms. The van der Waals surface area contributed by atoms with Gasteiger partial charge in [0.25, 0.3) is 0 Å². The first-order chi connectivity index (χ1) is 21.2. The molecule has 7 nitrogen and oxygen atoms in total. The molecule has 2 atom stereocenters. The van der Waals surface area contributed by atoms with E-state index in [1.165, 1.54) is 0 Å². The Morgan fingerprint density at radius 3 is 2.50 bits per heavy atom. The number of hydrogen-bond donors (Lipinski definition) is 0. The molecule has 0 bridgehead atoms. The number of carbonyl (C=O) groups is 1. The van der Waals surface area contributed by atoms with Crippen LogP contribution in [0.2, 0.25) is 15.1 Å². The average molecular weight is 656 g/mol. The summed E-state index contributed by atoms with van der Waals surface area (Å²) in [7, 11) is 1.70. The molecule has 5 rings (SSSR count). The van der Waals surface area contributed by atoms with E-state index in [2.05, 4.69) is 22.0 Å². The van der Waals surface area contributed by atoms with Crippen LogP contribution in [0.25, 0.3) is 0 Å². The maximum atomic E-state index is 13.7. The monoisotopic (exact) mass is 654 g/mol. The number of halogens is 3. The molecular weight excluding hydrogens is 619 g/mol. The van der Waals surface area contributed by atoms with Crippen molar-refractivity contribution < 1.29 is 14.3 Å². The number of amides is 1. The van der Waals surface area contributed by atoms with Crippen LogP contribution in [0.5, 0.6) is 5.75 Å². The van der Waals surface area contributed by atoms with Gasteiger partial charge in [-0.2, -0.15) is 5.26 Å². The molecule has 1 aliphatic heterocycles. The number of hydrogen-bond acceptors (Lipinski definition) is 6. The molecule has 2 unspecified atom stereocenters. The van der Waals surface area contributed by atoms with Gasteiger partial charge in [0.05, 0.1) is 22.7 Å². The number of aromatic nitrogens is 1. The standard InChI is InChI=1S/C34H37Cl3N4O3/c1-22-14-30(36)33(31(37)15-22)44-28-11-12-40(21-28)32-10-6-24(19-39-32)17-25(18-38)34(42)41(27-7-8-27)20-26-16-23(4-3-13-43-2)5-9-29(26)35/h5-6,9-10,14-16,19,25,27-28H,3-4,7-8,11-13,17,20-21H2,1-2H3. The summed E-state index contributed by atoms with van der Waals surface area (Å²) >= 11 is 19.3. The number of carbonyl (C=O) groups excluding carboxylic acids is 1. The fourth-order valence-corrected chi connectivity index (χ4v) is 6.49. The summed E-state index contributed by atoms with van der Waals surface area (Å²) in [5.41, 5.74) is 3.89. The predicted octanol–water partition coefficient (Wildman–Crippen LogP) is 7.46. The Kier molecular flexibility index (Phi) is 10.9. The third-order valence-corrected chi connectivity index (χ3v) is 9.06. The van der Waals surface area contributed by atoms with Gasteiger partial charge in [0.1, 0.15) is 17.8 Å². The van der Waals surface area contributed by atoms with Crippen LogP contribution in [-0.4, -0.2) is 54.7 Å². The zero-order valence-electron chi connectivity index (χ0n) is 25.1. The zero-order valence-corrected chi connectivity index (χ0v) is 27.3. The van der Waals surface area contributed by atoms with Gasteiger partial charge in [-0.05, 0) is 85.5 Å². The van der Waals surface area contributed by atoms with Crippen molar-refractivity contribution >= 4 is 46.5 Å². The molecule has 1 amide bonds.